The molecular weight excluding hydrogens is 248 g/mol. The van der Waals surface area contributed by atoms with Crippen LogP contribution in [0.15, 0.2) is 9.95 Å². The first-order chi connectivity index (χ1) is 8.56. The summed E-state index contributed by atoms with van der Waals surface area (Å²) in [6.45, 7) is 9.33. The Hall–Kier alpha value is -0.750. The molecule has 0 aliphatic heterocycles. The van der Waals surface area contributed by atoms with E-state index in [0.29, 0.717) is 6.04 Å². The number of aromatic amines is 1. The Morgan fingerprint density at radius 2 is 2.17 bits per heavy atom. The van der Waals surface area contributed by atoms with E-state index in [9.17, 15) is 4.79 Å². The zero-order valence-corrected chi connectivity index (χ0v) is 12.5. The summed E-state index contributed by atoms with van der Waals surface area (Å²) in [5, 5.41) is 10.8. The van der Waals surface area contributed by atoms with Crippen molar-refractivity contribution < 1.29 is 0 Å². The lowest BCUT2D eigenvalue weighted by molar-refractivity contribution is 0.523. The third kappa shape index (κ3) is 4.49. The lowest BCUT2D eigenvalue weighted by atomic mass is 10.2. The largest absolute Gasteiger partial charge is 0.344 e. The highest BCUT2D eigenvalue weighted by molar-refractivity contribution is 7.99. The van der Waals surface area contributed by atoms with Gasteiger partial charge in [0, 0.05) is 17.8 Å². The van der Waals surface area contributed by atoms with Gasteiger partial charge in [-0.1, -0.05) is 18.7 Å². The van der Waals surface area contributed by atoms with Crippen molar-refractivity contribution in [1.82, 2.24) is 20.1 Å². The Morgan fingerprint density at radius 1 is 1.44 bits per heavy atom. The van der Waals surface area contributed by atoms with E-state index in [1.807, 2.05) is 13.8 Å². The second-order valence-electron chi connectivity index (χ2n) is 4.72. The number of hydrogen-bond acceptors (Lipinski definition) is 4. The molecule has 0 saturated heterocycles. The lowest BCUT2D eigenvalue weighted by Crippen LogP contribution is -2.25. The summed E-state index contributed by atoms with van der Waals surface area (Å²) in [4.78, 5) is 11.5. The lowest BCUT2D eigenvalue weighted by Gasteiger charge is -2.12. The number of rotatable bonds is 8. The molecule has 6 heteroatoms. The van der Waals surface area contributed by atoms with E-state index in [0.717, 1.165) is 30.3 Å². The Morgan fingerprint density at radius 3 is 2.78 bits per heavy atom. The van der Waals surface area contributed by atoms with Crippen LogP contribution in [0.4, 0.5) is 0 Å². The van der Waals surface area contributed by atoms with Crippen molar-refractivity contribution in [2.24, 2.45) is 0 Å². The van der Waals surface area contributed by atoms with Crippen molar-refractivity contribution in [2.45, 2.75) is 57.8 Å². The predicted octanol–water partition coefficient (Wildman–Crippen LogP) is 2.02. The van der Waals surface area contributed by atoms with E-state index in [4.69, 9.17) is 0 Å². The van der Waals surface area contributed by atoms with Gasteiger partial charge in [-0.15, -0.1) is 5.10 Å². The van der Waals surface area contributed by atoms with Crippen molar-refractivity contribution in [3.05, 3.63) is 10.5 Å². The van der Waals surface area contributed by atoms with E-state index in [-0.39, 0.29) is 11.7 Å². The Bertz CT molecular complexity index is 399. The number of H-pyrrole nitrogens is 1. The number of nitrogens with zero attached hydrogens (tertiary/aromatic N) is 2. The summed E-state index contributed by atoms with van der Waals surface area (Å²) < 4.78 is 1.71. The highest BCUT2D eigenvalue weighted by atomic mass is 32.2. The zero-order chi connectivity index (χ0) is 13.5. The van der Waals surface area contributed by atoms with Crippen LogP contribution in [0.2, 0.25) is 0 Å². The van der Waals surface area contributed by atoms with Crippen LogP contribution in [0, 0.1) is 0 Å². The first-order valence-corrected chi connectivity index (χ1v) is 7.57. The van der Waals surface area contributed by atoms with Gasteiger partial charge in [0.25, 0.3) is 0 Å². The van der Waals surface area contributed by atoms with Gasteiger partial charge in [0.2, 0.25) is 0 Å². The molecule has 0 amide bonds. The minimum atomic E-state index is -0.117. The topological polar surface area (TPSA) is 62.7 Å². The molecule has 18 heavy (non-hydrogen) atoms. The minimum Gasteiger partial charge on any atom is -0.315 e. The molecule has 1 aromatic rings. The first kappa shape index (κ1) is 15.3. The van der Waals surface area contributed by atoms with E-state index in [1.165, 1.54) is 0 Å². The fraction of sp³-hybridized carbons (Fsp3) is 0.833. The molecule has 0 radical (unpaired) electrons. The van der Waals surface area contributed by atoms with Gasteiger partial charge in [-0.05, 0) is 40.2 Å². The molecule has 0 spiro atoms. The zero-order valence-electron chi connectivity index (χ0n) is 11.7. The van der Waals surface area contributed by atoms with E-state index in [1.54, 1.807) is 16.3 Å². The maximum absolute atomic E-state index is 11.5. The molecule has 1 heterocycles. The van der Waals surface area contributed by atoms with Crippen LogP contribution >= 0.6 is 11.8 Å². The third-order valence-corrected chi connectivity index (χ3v) is 3.79. The second-order valence-corrected chi connectivity index (χ2v) is 5.79. The maximum atomic E-state index is 11.5. The van der Waals surface area contributed by atoms with Crippen molar-refractivity contribution in [2.75, 3.05) is 12.3 Å². The van der Waals surface area contributed by atoms with Gasteiger partial charge in [-0.25, -0.2) is 9.89 Å². The highest BCUT2D eigenvalue weighted by Gasteiger charge is 2.11. The molecule has 0 aliphatic rings. The fourth-order valence-electron chi connectivity index (χ4n) is 1.85. The van der Waals surface area contributed by atoms with Crippen LogP contribution in [-0.4, -0.2) is 33.1 Å². The summed E-state index contributed by atoms with van der Waals surface area (Å²) >= 11 is 1.65. The smallest absolute Gasteiger partial charge is 0.315 e. The molecule has 1 unspecified atom stereocenters. The van der Waals surface area contributed by atoms with Crippen LogP contribution < -0.4 is 11.0 Å². The van der Waals surface area contributed by atoms with Crippen molar-refractivity contribution >= 4 is 11.8 Å². The van der Waals surface area contributed by atoms with Crippen molar-refractivity contribution in [3.63, 3.8) is 0 Å². The monoisotopic (exact) mass is 272 g/mol. The molecule has 2 N–H and O–H groups in total. The molecule has 1 rings (SSSR count). The first-order valence-electron chi connectivity index (χ1n) is 6.59. The van der Waals surface area contributed by atoms with E-state index in [2.05, 4.69) is 29.4 Å². The summed E-state index contributed by atoms with van der Waals surface area (Å²) in [7, 11) is 0. The van der Waals surface area contributed by atoms with Gasteiger partial charge in [0.15, 0.2) is 5.16 Å². The fourth-order valence-corrected chi connectivity index (χ4v) is 2.89. The molecule has 0 aliphatic carbocycles. The average molecular weight is 272 g/mol. The summed E-state index contributed by atoms with van der Waals surface area (Å²) in [6, 6.07) is 0.710. The van der Waals surface area contributed by atoms with Crippen molar-refractivity contribution in [1.29, 1.82) is 0 Å². The van der Waals surface area contributed by atoms with Crippen LogP contribution in [0.5, 0.6) is 0 Å². The van der Waals surface area contributed by atoms with Crippen LogP contribution in [0.25, 0.3) is 0 Å². The number of aromatic nitrogens is 3. The molecule has 104 valence electrons. The maximum Gasteiger partial charge on any atom is 0.344 e. The van der Waals surface area contributed by atoms with Gasteiger partial charge in [0.05, 0.1) is 0 Å². The average Bonchev–Trinajstić information content (AvgIpc) is 2.66. The molecule has 0 aromatic carbocycles. The van der Waals surface area contributed by atoms with E-state index < -0.39 is 0 Å². The standard InChI is InChI=1S/C12H24N4OS/c1-5-13-10(4)7-6-8-18-12-15-14-11(17)16(12)9(2)3/h9-10,13H,5-8H2,1-4H3,(H,14,17). The van der Waals surface area contributed by atoms with Gasteiger partial charge in [0.1, 0.15) is 0 Å². The van der Waals surface area contributed by atoms with Crippen LogP contribution in [0.1, 0.15) is 46.6 Å². The van der Waals surface area contributed by atoms with Crippen molar-refractivity contribution in [3.8, 4) is 0 Å². The quantitative estimate of drug-likeness (QED) is 0.561. The van der Waals surface area contributed by atoms with Gasteiger partial charge in [-0.3, -0.25) is 4.57 Å². The predicted molar refractivity (Wildman–Crippen MR) is 76.3 cm³/mol. The Kier molecular flexibility index (Phi) is 6.49. The SMILES string of the molecule is CCNC(C)CCCSc1n[nH]c(=O)n1C(C)C. The Balaban J connectivity index is 2.38. The number of nitrogens with one attached hydrogen (secondary N) is 2. The molecule has 1 atom stereocenters. The molecule has 1 aromatic heterocycles. The number of hydrogen-bond donors (Lipinski definition) is 2. The highest BCUT2D eigenvalue weighted by Crippen LogP contribution is 2.18. The van der Waals surface area contributed by atoms with E-state index >= 15 is 0 Å². The molecule has 0 fully saturated rings. The molecular formula is C12H24N4OS. The summed E-state index contributed by atoms with van der Waals surface area (Å²) in [5.74, 6) is 0.993. The summed E-state index contributed by atoms with van der Waals surface area (Å²) in [5.41, 5.74) is -0.117. The van der Waals surface area contributed by atoms with Gasteiger partial charge < -0.3 is 5.32 Å². The minimum absolute atomic E-state index is 0.117. The second kappa shape index (κ2) is 7.63. The van der Waals surface area contributed by atoms with Gasteiger partial charge in [-0.2, -0.15) is 0 Å². The third-order valence-electron chi connectivity index (χ3n) is 2.75. The molecule has 5 nitrogen and oxygen atoms in total. The normalized spacial score (nSPS) is 13.2. The van der Waals surface area contributed by atoms with Gasteiger partial charge >= 0.3 is 5.69 Å². The Labute approximate surface area is 113 Å². The van der Waals surface area contributed by atoms with Crippen LogP contribution in [-0.2, 0) is 0 Å². The molecule has 0 saturated carbocycles. The summed E-state index contributed by atoms with van der Waals surface area (Å²) in [6.07, 6.45) is 2.27. The van der Waals surface area contributed by atoms with Crippen LogP contribution in [0.3, 0.4) is 0 Å². The molecule has 0 bridgehead atoms. The number of thioether (sulfide) groups is 1.